The predicted octanol–water partition coefficient (Wildman–Crippen LogP) is 7.25. The molecule has 1 aliphatic carbocycles. The smallest absolute Gasteiger partial charge is 0.243 e. The quantitative estimate of drug-likeness (QED) is 0.319. The molecule has 184 valence electrons. The lowest BCUT2D eigenvalue weighted by atomic mass is 9.95. The SMILES string of the molecule is CC[C@@H](C(=O)NC1CCCCC1)N(Cc1ccc(Cl)cc1Cl)C(=O)CSCc1ccc(Br)cc1. The van der Waals surface area contributed by atoms with Crippen molar-refractivity contribution in [2.75, 3.05) is 5.75 Å². The number of carbonyl (C=O) groups excluding carboxylic acids is 2. The lowest BCUT2D eigenvalue weighted by Gasteiger charge is -2.33. The molecular weight excluding hydrogens is 555 g/mol. The van der Waals surface area contributed by atoms with E-state index in [4.69, 9.17) is 23.2 Å². The van der Waals surface area contributed by atoms with Gasteiger partial charge in [-0.15, -0.1) is 11.8 Å². The Morgan fingerprint density at radius 3 is 2.47 bits per heavy atom. The van der Waals surface area contributed by atoms with E-state index in [2.05, 4.69) is 21.2 Å². The van der Waals surface area contributed by atoms with Gasteiger partial charge in [0.25, 0.3) is 0 Å². The number of amides is 2. The molecule has 2 aromatic rings. The minimum atomic E-state index is -0.547. The summed E-state index contributed by atoms with van der Waals surface area (Å²) in [4.78, 5) is 28.4. The molecule has 2 aromatic carbocycles. The van der Waals surface area contributed by atoms with Gasteiger partial charge in [0.2, 0.25) is 11.8 Å². The first-order valence-corrected chi connectivity index (χ1v) is 14.4. The minimum absolute atomic E-state index is 0.0706. The van der Waals surface area contributed by atoms with Crippen molar-refractivity contribution in [3.05, 3.63) is 68.1 Å². The first-order chi connectivity index (χ1) is 16.4. The normalized spacial score (nSPS) is 15.1. The largest absolute Gasteiger partial charge is 0.352 e. The van der Waals surface area contributed by atoms with Crippen molar-refractivity contribution in [1.29, 1.82) is 0 Å². The zero-order valence-electron chi connectivity index (χ0n) is 19.4. The summed E-state index contributed by atoms with van der Waals surface area (Å²) in [7, 11) is 0. The van der Waals surface area contributed by atoms with Gasteiger partial charge < -0.3 is 10.2 Å². The summed E-state index contributed by atoms with van der Waals surface area (Å²) in [5.74, 6) is 0.859. The van der Waals surface area contributed by atoms with Crippen molar-refractivity contribution >= 4 is 62.7 Å². The van der Waals surface area contributed by atoms with Crippen LogP contribution in [0.1, 0.15) is 56.6 Å². The molecule has 0 bridgehead atoms. The fraction of sp³-hybridized carbons (Fsp3) is 0.462. The van der Waals surface area contributed by atoms with Crippen molar-refractivity contribution in [2.45, 2.75) is 69.8 Å². The van der Waals surface area contributed by atoms with Crippen molar-refractivity contribution in [3.8, 4) is 0 Å². The van der Waals surface area contributed by atoms with Crippen LogP contribution in [0.4, 0.5) is 0 Å². The molecule has 1 N–H and O–H groups in total. The molecule has 2 amide bonds. The standard InChI is InChI=1S/C26H31BrCl2N2O2S/c1-2-24(26(33)30-22-6-4-3-5-7-22)31(15-19-10-13-21(28)14-23(19)29)25(32)17-34-16-18-8-11-20(27)12-9-18/h8-14,22,24H,2-7,15-17H2,1H3,(H,30,33)/t24-/m0/s1. The fourth-order valence-corrected chi connectivity index (χ4v) is 5.82. The zero-order valence-corrected chi connectivity index (χ0v) is 23.3. The first-order valence-electron chi connectivity index (χ1n) is 11.7. The number of rotatable bonds is 10. The highest BCUT2D eigenvalue weighted by Gasteiger charge is 2.30. The molecule has 0 saturated heterocycles. The lowest BCUT2D eigenvalue weighted by Crippen LogP contribution is -2.52. The number of nitrogens with zero attached hydrogens (tertiary/aromatic N) is 1. The Labute approximate surface area is 225 Å². The van der Waals surface area contributed by atoms with Crippen LogP contribution in [0.2, 0.25) is 10.0 Å². The maximum Gasteiger partial charge on any atom is 0.243 e. The summed E-state index contributed by atoms with van der Waals surface area (Å²) in [6.45, 7) is 2.22. The van der Waals surface area contributed by atoms with E-state index in [9.17, 15) is 9.59 Å². The topological polar surface area (TPSA) is 49.4 Å². The molecular formula is C26H31BrCl2N2O2S. The monoisotopic (exact) mass is 584 g/mol. The number of carbonyl (C=O) groups is 2. The molecule has 34 heavy (non-hydrogen) atoms. The second-order valence-electron chi connectivity index (χ2n) is 8.64. The Hall–Kier alpha value is -1.21. The minimum Gasteiger partial charge on any atom is -0.352 e. The molecule has 8 heteroatoms. The van der Waals surface area contributed by atoms with Crippen LogP contribution in [-0.2, 0) is 21.9 Å². The van der Waals surface area contributed by atoms with Gasteiger partial charge in [0.05, 0.1) is 5.75 Å². The average Bonchev–Trinajstić information content (AvgIpc) is 2.82. The molecule has 3 rings (SSSR count). The molecule has 0 heterocycles. The highest BCUT2D eigenvalue weighted by Crippen LogP contribution is 2.25. The third-order valence-corrected chi connectivity index (χ3v) is 8.20. The van der Waals surface area contributed by atoms with Crippen LogP contribution in [0.3, 0.4) is 0 Å². The Kier molecular flexibility index (Phi) is 11.1. The number of benzene rings is 2. The Morgan fingerprint density at radius 1 is 1.12 bits per heavy atom. The van der Waals surface area contributed by atoms with Gasteiger partial charge in [-0.25, -0.2) is 0 Å². The van der Waals surface area contributed by atoms with E-state index < -0.39 is 6.04 Å². The maximum atomic E-state index is 13.4. The number of nitrogens with one attached hydrogen (secondary N) is 1. The van der Waals surface area contributed by atoms with Crippen molar-refractivity contribution < 1.29 is 9.59 Å². The molecule has 0 aromatic heterocycles. The van der Waals surface area contributed by atoms with Crippen molar-refractivity contribution in [1.82, 2.24) is 10.2 Å². The van der Waals surface area contributed by atoms with E-state index in [1.165, 1.54) is 6.42 Å². The predicted molar refractivity (Wildman–Crippen MR) is 146 cm³/mol. The van der Waals surface area contributed by atoms with Crippen LogP contribution in [0.25, 0.3) is 0 Å². The van der Waals surface area contributed by atoms with Gasteiger partial charge in [-0.3, -0.25) is 9.59 Å². The molecule has 0 spiro atoms. The van der Waals surface area contributed by atoms with E-state index >= 15 is 0 Å². The van der Waals surface area contributed by atoms with Gasteiger partial charge in [0.15, 0.2) is 0 Å². The van der Waals surface area contributed by atoms with Crippen LogP contribution in [0.15, 0.2) is 46.9 Å². The van der Waals surface area contributed by atoms with Gasteiger partial charge in [-0.05, 0) is 54.7 Å². The van der Waals surface area contributed by atoms with Crippen LogP contribution >= 0.6 is 50.9 Å². The van der Waals surface area contributed by atoms with Crippen LogP contribution in [0, 0.1) is 0 Å². The van der Waals surface area contributed by atoms with E-state index in [1.54, 1.807) is 28.8 Å². The van der Waals surface area contributed by atoms with Crippen LogP contribution < -0.4 is 5.32 Å². The Balaban J connectivity index is 1.72. The molecule has 1 atom stereocenters. The van der Waals surface area contributed by atoms with E-state index in [1.807, 2.05) is 37.3 Å². The number of hydrogen-bond donors (Lipinski definition) is 1. The molecule has 0 aliphatic heterocycles. The Bertz CT molecular complexity index is 968. The van der Waals surface area contributed by atoms with Gasteiger partial charge >= 0.3 is 0 Å². The van der Waals surface area contributed by atoms with Crippen LogP contribution in [-0.4, -0.2) is 34.6 Å². The zero-order chi connectivity index (χ0) is 24.5. The summed E-state index contributed by atoms with van der Waals surface area (Å²) in [5, 5.41) is 4.24. The molecule has 1 saturated carbocycles. The van der Waals surface area contributed by atoms with Gasteiger partial charge in [-0.2, -0.15) is 0 Å². The lowest BCUT2D eigenvalue weighted by molar-refractivity contribution is -0.139. The van der Waals surface area contributed by atoms with Gasteiger partial charge in [0.1, 0.15) is 6.04 Å². The highest BCUT2D eigenvalue weighted by molar-refractivity contribution is 9.10. The molecule has 0 unspecified atom stereocenters. The number of halogens is 3. The molecule has 0 radical (unpaired) electrons. The fourth-order valence-electron chi connectivity index (χ4n) is 4.22. The third kappa shape index (κ3) is 8.18. The van der Waals surface area contributed by atoms with E-state index in [0.29, 0.717) is 16.5 Å². The average molecular weight is 586 g/mol. The molecule has 1 aliphatic rings. The summed E-state index contributed by atoms with van der Waals surface area (Å²) >= 11 is 17.5. The van der Waals surface area contributed by atoms with Gasteiger partial charge in [-0.1, -0.05) is 83.5 Å². The van der Waals surface area contributed by atoms with Crippen molar-refractivity contribution in [3.63, 3.8) is 0 Å². The van der Waals surface area contributed by atoms with Crippen LogP contribution in [0.5, 0.6) is 0 Å². The maximum absolute atomic E-state index is 13.4. The van der Waals surface area contributed by atoms with Gasteiger partial charge in [0, 0.05) is 32.9 Å². The molecule has 1 fully saturated rings. The van der Waals surface area contributed by atoms with E-state index in [-0.39, 0.29) is 30.2 Å². The number of thioether (sulfide) groups is 1. The summed E-state index contributed by atoms with van der Waals surface area (Å²) in [6.07, 6.45) is 6.03. The summed E-state index contributed by atoms with van der Waals surface area (Å²) in [5.41, 5.74) is 1.93. The number of hydrogen-bond acceptors (Lipinski definition) is 3. The highest BCUT2D eigenvalue weighted by atomic mass is 79.9. The Morgan fingerprint density at radius 2 is 1.82 bits per heavy atom. The van der Waals surface area contributed by atoms with Crippen molar-refractivity contribution in [2.24, 2.45) is 0 Å². The summed E-state index contributed by atoms with van der Waals surface area (Å²) in [6, 6.07) is 13.0. The molecule has 4 nitrogen and oxygen atoms in total. The third-order valence-electron chi connectivity index (χ3n) is 6.10. The second kappa shape index (κ2) is 13.8. The second-order valence-corrected chi connectivity index (χ2v) is 11.4. The van der Waals surface area contributed by atoms with E-state index in [0.717, 1.165) is 47.0 Å². The first kappa shape index (κ1) is 27.4. The summed E-state index contributed by atoms with van der Waals surface area (Å²) < 4.78 is 1.03.